The second kappa shape index (κ2) is 5.57. The maximum absolute atomic E-state index is 8.86. The van der Waals surface area contributed by atoms with Crippen molar-refractivity contribution in [1.82, 2.24) is 4.90 Å². The number of rotatable bonds is 4. The van der Waals surface area contributed by atoms with Crippen molar-refractivity contribution >= 4 is 11.8 Å². The third kappa shape index (κ3) is 2.83. The molecule has 1 atom stereocenters. The minimum atomic E-state index is 0.437. The molecule has 0 saturated carbocycles. The zero-order chi connectivity index (χ0) is 12.3. The molecule has 0 spiro atoms. The molecule has 1 heterocycles. The van der Waals surface area contributed by atoms with Gasteiger partial charge < -0.3 is 0 Å². The molecule has 0 aliphatic carbocycles. The molecule has 1 unspecified atom stereocenters. The Labute approximate surface area is 108 Å². The molecule has 17 heavy (non-hydrogen) atoms. The Hall–Kier alpha value is -0.980. The first kappa shape index (κ1) is 12.5. The minimum Gasteiger partial charge on any atom is -0.288 e. The lowest BCUT2D eigenvalue weighted by Crippen LogP contribution is -2.35. The van der Waals surface area contributed by atoms with Crippen LogP contribution < -0.4 is 0 Å². The van der Waals surface area contributed by atoms with Gasteiger partial charge in [-0.2, -0.15) is 5.26 Å². The smallest absolute Gasteiger partial charge is 0.0868 e. The van der Waals surface area contributed by atoms with Gasteiger partial charge in [0.25, 0.3) is 0 Å². The lowest BCUT2D eigenvalue weighted by Gasteiger charge is -2.26. The summed E-state index contributed by atoms with van der Waals surface area (Å²) in [6.45, 7) is 5.84. The number of benzene rings is 1. The first-order chi connectivity index (χ1) is 8.22. The Bertz CT molecular complexity index is 422. The Morgan fingerprint density at radius 3 is 2.94 bits per heavy atom. The van der Waals surface area contributed by atoms with Crippen molar-refractivity contribution in [3.8, 4) is 6.07 Å². The molecule has 2 nitrogen and oxygen atoms in total. The molecule has 0 amide bonds. The van der Waals surface area contributed by atoms with Gasteiger partial charge in [-0.25, -0.2) is 0 Å². The van der Waals surface area contributed by atoms with Crippen molar-refractivity contribution in [3.05, 3.63) is 29.8 Å². The molecular formula is C14H18N2S. The van der Waals surface area contributed by atoms with Crippen LogP contribution in [0.1, 0.15) is 25.3 Å². The fourth-order valence-electron chi connectivity index (χ4n) is 2.21. The van der Waals surface area contributed by atoms with Crippen molar-refractivity contribution in [2.75, 3.05) is 18.8 Å². The quantitative estimate of drug-likeness (QED) is 0.764. The summed E-state index contributed by atoms with van der Waals surface area (Å²) in [5.74, 6) is 1.72. The van der Waals surface area contributed by atoms with Gasteiger partial charge in [-0.05, 0) is 25.5 Å². The van der Waals surface area contributed by atoms with E-state index in [9.17, 15) is 0 Å². The van der Waals surface area contributed by atoms with Gasteiger partial charge in [-0.1, -0.05) is 18.2 Å². The molecule has 1 aromatic rings. The SMILES string of the molecule is CC(C)N(CC#N)CC1CSc2ccccc21. The normalized spacial score (nSPS) is 18.4. The van der Waals surface area contributed by atoms with E-state index >= 15 is 0 Å². The minimum absolute atomic E-state index is 0.437. The molecule has 0 aromatic heterocycles. The topological polar surface area (TPSA) is 27.0 Å². The van der Waals surface area contributed by atoms with Crippen LogP contribution in [0, 0.1) is 11.3 Å². The monoisotopic (exact) mass is 246 g/mol. The largest absolute Gasteiger partial charge is 0.288 e. The highest BCUT2D eigenvalue weighted by molar-refractivity contribution is 7.99. The summed E-state index contributed by atoms with van der Waals surface area (Å²) in [6, 6.07) is 11.3. The van der Waals surface area contributed by atoms with Crippen LogP contribution in [0.4, 0.5) is 0 Å². The first-order valence-electron chi connectivity index (χ1n) is 6.05. The number of nitrogens with zero attached hydrogens (tertiary/aromatic N) is 2. The Morgan fingerprint density at radius 2 is 2.24 bits per heavy atom. The average Bonchev–Trinajstić information content (AvgIpc) is 2.72. The van der Waals surface area contributed by atoms with Crippen LogP contribution in [0.15, 0.2) is 29.2 Å². The molecule has 1 aliphatic rings. The van der Waals surface area contributed by atoms with Crippen molar-refractivity contribution in [3.63, 3.8) is 0 Å². The molecule has 3 heteroatoms. The third-order valence-electron chi connectivity index (χ3n) is 3.26. The van der Waals surface area contributed by atoms with Crippen LogP contribution in [0.2, 0.25) is 0 Å². The number of nitriles is 1. The second-order valence-corrected chi connectivity index (χ2v) is 5.79. The van der Waals surface area contributed by atoms with Gasteiger partial charge in [0.15, 0.2) is 0 Å². The van der Waals surface area contributed by atoms with Crippen LogP contribution in [-0.4, -0.2) is 29.8 Å². The molecule has 0 fully saturated rings. The lowest BCUT2D eigenvalue weighted by atomic mass is 10.0. The van der Waals surface area contributed by atoms with E-state index in [-0.39, 0.29) is 0 Å². The molecule has 1 aliphatic heterocycles. The van der Waals surface area contributed by atoms with Gasteiger partial charge in [-0.3, -0.25) is 4.90 Å². The van der Waals surface area contributed by atoms with Crippen molar-refractivity contribution in [2.24, 2.45) is 0 Å². The standard InChI is InChI=1S/C14H18N2S/c1-11(2)16(8-7-15)9-12-10-17-14-6-4-3-5-13(12)14/h3-6,11-12H,8-10H2,1-2H3. The lowest BCUT2D eigenvalue weighted by molar-refractivity contribution is 0.238. The van der Waals surface area contributed by atoms with Crippen LogP contribution in [0.25, 0.3) is 0 Å². The van der Waals surface area contributed by atoms with Crippen LogP contribution >= 0.6 is 11.8 Å². The predicted octanol–water partition coefficient (Wildman–Crippen LogP) is 3.11. The van der Waals surface area contributed by atoms with Gasteiger partial charge in [0.05, 0.1) is 12.6 Å². The van der Waals surface area contributed by atoms with E-state index in [2.05, 4.69) is 49.1 Å². The summed E-state index contributed by atoms with van der Waals surface area (Å²) in [5.41, 5.74) is 1.46. The summed E-state index contributed by atoms with van der Waals surface area (Å²) in [5, 5.41) is 8.86. The van der Waals surface area contributed by atoms with Gasteiger partial charge in [-0.15, -0.1) is 11.8 Å². The predicted molar refractivity (Wildman–Crippen MR) is 72.2 cm³/mol. The molecule has 0 N–H and O–H groups in total. The molecule has 0 radical (unpaired) electrons. The third-order valence-corrected chi connectivity index (χ3v) is 4.51. The van der Waals surface area contributed by atoms with E-state index in [4.69, 9.17) is 5.26 Å². The molecule has 0 bridgehead atoms. The summed E-state index contributed by atoms with van der Waals surface area (Å²) in [6.07, 6.45) is 0. The number of hydrogen-bond donors (Lipinski definition) is 0. The summed E-state index contributed by atoms with van der Waals surface area (Å²) in [7, 11) is 0. The van der Waals surface area contributed by atoms with Gasteiger partial charge in [0.1, 0.15) is 0 Å². The highest BCUT2D eigenvalue weighted by atomic mass is 32.2. The zero-order valence-corrected chi connectivity index (χ0v) is 11.2. The Balaban J connectivity index is 2.08. The molecule has 1 aromatic carbocycles. The van der Waals surface area contributed by atoms with E-state index in [1.165, 1.54) is 10.5 Å². The number of fused-ring (bicyclic) bond motifs is 1. The first-order valence-corrected chi connectivity index (χ1v) is 7.03. The van der Waals surface area contributed by atoms with Crippen molar-refractivity contribution in [1.29, 1.82) is 5.26 Å². The van der Waals surface area contributed by atoms with Crippen LogP contribution in [0.5, 0.6) is 0 Å². The van der Waals surface area contributed by atoms with E-state index in [0.29, 0.717) is 18.5 Å². The van der Waals surface area contributed by atoms with E-state index < -0.39 is 0 Å². The van der Waals surface area contributed by atoms with E-state index in [1.807, 2.05) is 11.8 Å². The highest BCUT2D eigenvalue weighted by Crippen LogP contribution is 2.39. The van der Waals surface area contributed by atoms with Crippen LogP contribution in [-0.2, 0) is 0 Å². The summed E-state index contributed by atoms with van der Waals surface area (Å²) < 4.78 is 0. The summed E-state index contributed by atoms with van der Waals surface area (Å²) >= 11 is 1.94. The van der Waals surface area contributed by atoms with E-state index in [0.717, 1.165) is 12.3 Å². The average molecular weight is 246 g/mol. The summed E-state index contributed by atoms with van der Waals surface area (Å²) in [4.78, 5) is 3.67. The fraction of sp³-hybridized carbons (Fsp3) is 0.500. The maximum atomic E-state index is 8.86. The molecule has 90 valence electrons. The van der Waals surface area contributed by atoms with Gasteiger partial charge >= 0.3 is 0 Å². The maximum Gasteiger partial charge on any atom is 0.0868 e. The van der Waals surface area contributed by atoms with Gasteiger partial charge in [0, 0.05) is 29.2 Å². The number of hydrogen-bond acceptors (Lipinski definition) is 3. The van der Waals surface area contributed by atoms with Crippen LogP contribution in [0.3, 0.4) is 0 Å². The highest BCUT2D eigenvalue weighted by Gasteiger charge is 2.25. The molecule has 0 saturated heterocycles. The zero-order valence-electron chi connectivity index (χ0n) is 10.4. The van der Waals surface area contributed by atoms with Gasteiger partial charge in [0.2, 0.25) is 0 Å². The fourth-order valence-corrected chi connectivity index (χ4v) is 3.45. The number of thioether (sulfide) groups is 1. The molecule has 2 rings (SSSR count). The Kier molecular flexibility index (Phi) is 4.09. The Morgan fingerprint density at radius 1 is 1.47 bits per heavy atom. The molecular weight excluding hydrogens is 228 g/mol. The van der Waals surface area contributed by atoms with Crippen molar-refractivity contribution in [2.45, 2.75) is 30.7 Å². The van der Waals surface area contributed by atoms with Crippen molar-refractivity contribution < 1.29 is 0 Å². The van der Waals surface area contributed by atoms with E-state index in [1.54, 1.807) is 0 Å². The second-order valence-electron chi connectivity index (χ2n) is 4.73.